The first kappa shape index (κ1) is 26.9. The van der Waals surface area contributed by atoms with Crippen LogP contribution >= 0.6 is 11.6 Å². The van der Waals surface area contributed by atoms with E-state index in [-0.39, 0.29) is 33.8 Å². The Bertz CT molecular complexity index is 1510. The Morgan fingerprint density at radius 1 is 0.816 bits per heavy atom. The minimum atomic E-state index is -4.08. The van der Waals surface area contributed by atoms with E-state index in [0.29, 0.717) is 5.02 Å². The highest BCUT2D eigenvalue weighted by molar-refractivity contribution is 7.92. The number of para-hydroxylation sites is 1. The van der Waals surface area contributed by atoms with E-state index < -0.39 is 22.5 Å². The molecule has 9 heteroatoms. The van der Waals surface area contributed by atoms with Crippen LogP contribution in [0.3, 0.4) is 0 Å². The average molecular weight is 548 g/mol. The highest BCUT2D eigenvalue weighted by Crippen LogP contribution is 2.26. The van der Waals surface area contributed by atoms with Crippen LogP contribution in [0.2, 0.25) is 5.02 Å². The molecule has 0 fully saturated rings. The van der Waals surface area contributed by atoms with Crippen molar-refractivity contribution < 1.29 is 18.0 Å². The van der Waals surface area contributed by atoms with Crippen molar-refractivity contribution in [1.29, 1.82) is 0 Å². The van der Waals surface area contributed by atoms with Crippen LogP contribution in [0.25, 0.3) is 0 Å². The number of sulfonamides is 1. The normalized spacial score (nSPS) is 11.8. The summed E-state index contributed by atoms with van der Waals surface area (Å²) in [5.41, 5.74) is 1.74. The molecule has 4 aromatic carbocycles. The van der Waals surface area contributed by atoms with E-state index in [4.69, 9.17) is 11.6 Å². The molecule has 2 N–H and O–H groups in total. The Morgan fingerprint density at radius 3 is 2.05 bits per heavy atom. The molecule has 2 amide bonds. The maximum Gasteiger partial charge on any atom is 0.264 e. The van der Waals surface area contributed by atoms with Crippen molar-refractivity contribution in [2.75, 3.05) is 16.2 Å². The van der Waals surface area contributed by atoms with Crippen LogP contribution in [0.5, 0.6) is 0 Å². The van der Waals surface area contributed by atoms with Gasteiger partial charge in [-0.15, -0.1) is 0 Å². The van der Waals surface area contributed by atoms with E-state index in [1.54, 1.807) is 54.6 Å². The minimum absolute atomic E-state index is 0.0393. The molecule has 0 saturated carbocycles. The lowest BCUT2D eigenvalue weighted by atomic mass is 10.1. The van der Waals surface area contributed by atoms with Crippen LogP contribution in [0.1, 0.15) is 28.9 Å². The van der Waals surface area contributed by atoms with Crippen molar-refractivity contribution in [1.82, 2.24) is 5.32 Å². The molecule has 4 aromatic rings. The quantitative estimate of drug-likeness (QED) is 0.282. The highest BCUT2D eigenvalue weighted by atomic mass is 35.5. The second-order valence-electron chi connectivity index (χ2n) is 8.50. The number of halogens is 1. The van der Waals surface area contributed by atoms with Crippen LogP contribution in [-0.2, 0) is 14.8 Å². The molecule has 0 bridgehead atoms. The van der Waals surface area contributed by atoms with Gasteiger partial charge < -0.3 is 10.6 Å². The third kappa shape index (κ3) is 6.40. The third-order valence-corrected chi connectivity index (χ3v) is 7.87. The van der Waals surface area contributed by atoms with Crippen LogP contribution in [0.15, 0.2) is 114 Å². The second kappa shape index (κ2) is 11.9. The summed E-state index contributed by atoms with van der Waals surface area (Å²) in [4.78, 5) is 26.3. The number of anilines is 2. The standard InChI is InChI=1S/C29H26ClN3O4S/c1-21(22-10-4-2-5-11-22)31-29(35)26-14-8-9-15-27(26)32-28(34)20-33(24-18-16-23(30)17-19-24)38(36,37)25-12-6-3-7-13-25/h2-19,21H,20H2,1H3,(H,31,35)(H,32,34)/t21-/m0/s1. The molecule has 194 valence electrons. The lowest BCUT2D eigenvalue weighted by Gasteiger charge is -2.24. The van der Waals surface area contributed by atoms with Gasteiger partial charge in [-0.2, -0.15) is 0 Å². The van der Waals surface area contributed by atoms with Gasteiger partial charge in [-0.05, 0) is 61.0 Å². The molecule has 0 aliphatic rings. The van der Waals surface area contributed by atoms with Gasteiger partial charge in [0, 0.05) is 5.02 Å². The molecule has 0 saturated heterocycles. The van der Waals surface area contributed by atoms with E-state index in [0.717, 1.165) is 9.87 Å². The number of hydrogen-bond donors (Lipinski definition) is 2. The summed E-state index contributed by atoms with van der Waals surface area (Å²) in [6, 6.07) is 29.8. The van der Waals surface area contributed by atoms with Crippen LogP contribution < -0.4 is 14.9 Å². The molecule has 38 heavy (non-hydrogen) atoms. The number of amides is 2. The molecular formula is C29H26ClN3O4S. The average Bonchev–Trinajstić information content (AvgIpc) is 2.93. The number of benzene rings is 4. The van der Waals surface area contributed by atoms with Crippen molar-refractivity contribution in [2.45, 2.75) is 17.9 Å². The zero-order valence-electron chi connectivity index (χ0n) is 20.5. The Morgan fingerprint density at radius 2 is 1.39 bits per heavy atom. The van der Waals surface area contributed by atoms with E-state index in [9.17, 15) is 18.0 Å². The summed E-state index contributed by atoms with van der Waals surface area (Å²) in [6.45, 7) is 1.35. The predicted molar refractivity (Wildman–Crippen MR) is 150 cm³/mol. The number of nitrogens with zero attached hydrogens (tertiary/aromatic N) is 1. The molecule has 0 aromatic heterocycles. The molecule has 0 aliphatic heterocycles. The largest absolute Gasteiger partial charge is 0.345 e. The van der Waals surface area contributed by atoms with Gasteiger partial charge in [0.25, 0.3) is 15.9 Å². The van der Waals surface area contributed by atoms with Gasteiger partial charge in [-0.25, -0.2) is 8.42 Å². The summed E-state index contributed by atoms with van der Waals surface area (Å²) < 4.78 is 28.0. The molecule has 1 atom stereocenters. The fourth-order valence-electron chi connectivity index (χ4n) is 3.85. The molecule has 7 nitrogen and oxygen atoms in total. The number of hydrogen-bond acceptors (Lipinski definition) is 4. The van der Waals surface area contributed by atoms with Crippen LogP contribution in [0.4, 0.5) is 11.4 Å². The molecule has 0 heterocycles. The van der Waals surface area contributed by atoms with Gasteiger partial charge in [0.05, 0.1) is 27.9 Å². The minimum Gasteiger partial charge on any atom is -0.345 e. The molecular weight excluding hydrogens is 522 g/mol. The zero-order chi connectivity index (χ0) is 27.1. The lowest BCUT2D eigenvalue weighted by Crippen LogP contribution is -2.38. The fraction of sp³-hybridized carbons (Fsp3) is 0.103. The molecule has 0 unspecified atom stereocenters. The monoisotopic (exact) mass is 547 g/mol. The van der Waals surface area contributed by atoms with Crippen molar-refractivity contribution in [3.8, 4) is 0 Å². The number of carbonyl (C=O) groups is 2. The SMILES string of the molecule is C[C@H](NC(=O)c1ccccc1NC(=O)CN(c1ccc(Cl)cc1)S(=O)(=O)c1ccccc1)c1ccccc1. The number of carbonyl (C=O) groups excluding carboxylic acids is 2. The lowest BCUT2D eigenvalue weighted by molar-refractivity contribution is -0.114. The zero-order valence-corrected chi connectivity index (χ0v) is 22.1. The summed E-state index contributed by atoms with van der Waals surface area (Å²) in [5, 5.41) is 6.07. The first-order valence-corrected chi connectivity index (χ1v) is 13.7. The third-order valence-electron chi connectivity index (χ3n) is 5.83. The van der Waals surface area contributed by atoms with E-state index in [1.807, 2.05) is 37.3 Å². The van der Waals surface area contributed by atoms with Crippen LogP contribution in [-0.4, -0.2) is 26.8 Å². The van der Waals surface area contributed by atoms with Gasteiger partial charge in [0.2, 0.25) is 5.91 Å². The molecule has 0 aliphatic carbocycles. The Balaban J connectivity index is 1.57. The van der Waals surface area contributed by atoms with Gasteiger partial charge >= 0.3 is 0 Å². The Hall–Kier alpha value is -4.14. The topological polar surface area (TPSA) is 95.6 Å². The Labute approximate surface area is 227 Å². The molecule has 4 rings (SSSR count). The van der Waals surface area contributed by atoms with Gasteiger partial charge in [0.15, 0.2) is 0 Å². The summed E-state index contributed by atoms with van der Waals surface area (Å²) in [7, 11) is -4.08. The van der Waals surface area contributed by atoms with E-state index >= 15 is 0 Å². The molecule has 0 spiro atoms. The Kier molecular flexibility index (Phi) is 8.45. The van der Waals surface area contributed by atoms with E-state index in [2.05, 4.69) is 10.6 Å². The van der Waals surface area contributed by atoms with E-state index in [1.165, 1.54) is 24.3 Å². The summed E-state index contributed by atoms with van der Waals surface area (Å²) in [5.74, 6) is -0.987. The predicted octanol–water partition coefficient (Wildman–Crippen LogP) is 5.67. The maximum atomic E-state index is 13.5. The number of rotatable bonds is 9. The maximum absolute atomic E-state index is 13.5. The van der Waals surface area contributed by atoms with Gasteiger partial charge in [-0.1, -0.05) is 72.3 Å². The van der Waals surface area contributed by atoms with Crippen LogP contribution in [0, 0.1) is 0 Å². The highest BCUT2D eigenvalue weighted by Gasteiger charge is 2.27. The molecule has 0 radical (unpaired) electrons. The second-order valence-corrected chi connectivity index (χ2v) is 10.8. The van der Waals surface area contributed by atoms with Crippen molar-refractivity contribution in [3.63, 3.8) is 0 Å². The van der Waals surface area contributed by atoms with Gasteiger partial charge in [-0.3, -0.25) is 13.9 Å². The van der Waals surface area contributed by atoms with Crippen molar-refractivity contribution in [3.05, 3.63) is 125 Å². The van der Waals surface area contributed by atoms with Crippen molar-refractivity contribution in [2.24, 2.45) is 0 Å². The first-order valence-electron chi connectivity index (χ1n) is 11.8. The summed E-state index contributed by atoms with van der Waals surface area (Å²) in [6.07, 6.45) is 0. The fourth-order valence-corrected chi connectivity index (χ4v) is 5.42. The smallest absolute Gasteiger partial charge is 0.264 e. The van der Waals surface area contributed by atoms with Crippen molar-refractivity contribution >= 4 is 44.8 Å². The summed E-state index contributed by atoms with van der Waals surface area (Å²) >= 11 is 6.00. The van der Waals surface area contributed by atoms with Gasteiger partial charge in [0.1, 0.15) is 6.54 Å². The number of nitrogens with one attached hydrogen (secondary N) is 2. The first-order chi connectivity index (χ1) is 18.3.